The van der Waals surface area contributed by atoms with Crippen LogP contribution in [-0.2, 0) is 6.42 Å². The van der Waals surface area contributed by atoms with Crippen LogP contribution in [0.2, 0.25) is 0 Å². The summed E-state index contributed by atoms with van der Waals surface area (Å²) in [4.78, 5) is 26.6. The highest BCUT2D eigenvalue weighted by Crippen LogP contribution is 2.36. The second-order valence-electron chi connectivity index (χ2n) is 6.87. The molecule has 4 heterocycles. The summed E-state index contributed by atoms with van der Waals surface area (Å²) in [5, 5.41) is 1.96. The van der Waals surface area contributed by atoms with Gasteiger partial charge < -0.3 is 10.2 Å². The fourth-order valence-corrected chi connectivity index (χ4v) is 3.90. The van der Waals surface area contributed by atoms with E-state index in [2.05, 4.69) is 15.0 Å². The van der Waals surface area contributed by atoms with Crippen molar-refractivity contribution >= 4 is 23.7 Å². The van der Waals surface area contributed by atoms with Gasteiger partial charge in [0.25, 0.3) is 0 Å². The average molecular weight is 380 g/mol. The van der Waals surface area contributed by atoms with Gasteiger partial charge in [0.1, 0.15) is 6.54 Å². The zero-order valence-corrected chi connectivity index (χ0v) is 14.7. The maximum absolute atomic E-state index is 12.4. The van der Waals surface area contributed by atoms with Gasteiger partial charge in [-0.1, -0.05) is 13.3 Å². The molecule has 1 fully saturated rings. The number of halogens is 3. The molecule has 2 aromatic heterocycles. The van der Waals surface area contributed by atoms with Crippen LogP contribution in [0.4, 0.5) is 23.8 Å². The van der Waals surface area contributed by atoms with E-state index >= 15 is 0 Å². The lowest BCUT2D eigenvalue weighted by Gasteiger charge is -2.18. The summed E-state index contributed by atoms with van der Waals surface area (Å²) < 4.78 is 39.2. The van der Waals surface area contributed by atoms with Gasteiger partial charge in [0.05, 0.1) is 11.9 Å². The molecule has 1 N–H and O–H groups in total. The third-order valence-electron chi connectivity index (χ3n) is 5.22. The molecule has 0 bridgehead atoms. The highest BCUT2D eigenvalue weighted by molar-refractivity contribution is 5.75. The van der Waals surface area contributed by atoms with E-state index in [4.69, 9.17) is 0 Å². The molecule has 10 heteroatoms. The van der Waals surface area contributed by atoms with Gasteiger partial charge in [-0.15, -0.1) is 0 Å². The van der Waals surface area contributed by atoms with E-state index in [9.17, 15) is 18.0 Å². The Hall–Kier alpha value is -2.65. The number of aliphatic imine (C=N–C) groups is 1. The number of carbonyl (C=O) groups excluding carboxylic acids is 1. The smallest absolute Gasteiger partial charge is 0.329 e. The lowest BCUT2D eigenvalue weighted by atomic mass is 9.91. The maximum Gasteiger partial charge on any atom is 0.405 e. The molecule has 0 radical (unpaired) electrons. The van der Waals surface area contributed by atoms with Crippen LogP contribution in [0.25, 0.3) is 5.65 Å². The van der Waals surface area contributed by atoms with E-state index in [1.54, 1.807) is 18.6 Å². The Bertz CT molecular complexity index is 906. The van der Waals surface area contributed by atoms with Crippen LogP contribution >= 0.6 is 0 Å². The van der Waals surface area contributed by atoms with Crippen LogP contribution in [0, 0.1) is 5.92 Å². The molecule has 27 heavy (non-hydrogen) atoms. The predicted octanol–water partition coefficient (Wildman–Crippen LogP) is 2.69. The van der Waals surface area contributed by atoms with E-state index < -0.39 is 18.8 Å². The lowest BCUT2D eigenvalue weighted by molar-refractivity contribution is -0.123. The van der Waals surface area contributed by atoms with Crippen LogP contribution < -0.4 is 5.32 Å². The van der Waals surface area contributed by atoms with Crippen molar-refractivity contribution in [2.75, 3.05) is 19.6 Å². The number of alkyl halides is 3. The molecule has 0 spiro atoms. The molecule has 2 atom stereocenters. The van der Waals surface area contributed by atoms with E-state index in [1.807, 2.05) is 16.6 Å². The Labute approximate surface area is 153 Å². The lowest BCUT2D eigenvalue weighted by Crippen LogP contribution is -2.42. The topological polar surface area (TPSA) is 74.9 Å². The fraction of sp³-hybridized carbons (Fsp3) is 0.529. The van der Waals surface area contributed by atoms with Crippen LogP contribution in [0.1, 0.15) is 30.7 Å². The van der Waals surface area contributed by atoms with E-state index in [1.165, 1.54) is 4.90 Å². The minimum absolute atomic E-state index is 0.00580. The molecule has 0 saturated carbocycles. The van der Waals surface area contributed by atoms with Crippen molar-refractivity contribution in [1.82, 2.24) is 24.6 Å². The molecule has 1 saturated heterocycles. The second-order valence-corrected chi connectivity index (χ2v) is 6.87. The Morgan fingerprint density at radius 3 is 2.85 bits per heavy atom. The van der Waals surface area contributed by atoms with Gasteiger partial charge in [-0.25, -0.2) is 19.8 Å². The normalized spacial score (nSPS) is 21.9. The summed E-state index contributed by atoms with van der Waals surface area (Å²) in [6.07, 6.45) is 2.28. The third-order valence-corrected chi connectivity index (χ3v) is 5.22. The molecule has 2 amide bonds. The molecule has 1 unspecified atom stereocenters. The van der Waals surface area contributed by atoms with Crippen LogP contribution in [0.3, 0.4) is 0 Å². The summed E-state index contributed by atoms with van der Waals surface area (Å²) in [5.74, 6) is 0.800. The summed E-state index contributed by atoms with van der Waals surface area (Å²) in [6, 6.07) is -0.683. The van der Waals surface area contributed by atoms with Crippen molar-refractivity contribution in [3.05, 3.63) is 23.8 Å². The third kappa shape index (κ3) is 3.24. The molecule has 0 aliphatic carbocycles. The Kier molecular flexibility index (Phi) is 4.27. The van der Waals surface area contributed by atoms with Crippen LogP contribution in [0.15, 0.2) is 17.4 Å². The zero-order chi connectivity index (χ0) is 19.2. The van der Waals surface area contributed by atoms with Gasteiger partial charge in [-0.3, -0.25) is 4.40 Å². The number of nitrogens with zero attached hydrogens (tertiary/aromatic N) is 5. The number of fused-ring (bicyclic) bond motifs is 3. The summed E-state index contributed by atoms with van der Waals surface area (Å²) in [5.41, 5.74) is 2.62. The number of aromatic nitrogens is 3. The highest BCUT2D eigenvalue weighted by atomic mass is 19.4. The predicted molar refractivity (Wildman–Crippen MR) is 92.4 cm³/mol. The van der Waals surface area contributed by atoms with Gasteiger partial charge in [-0.05, 0) is 5.92 Å². The summed E-state index contributed by atoms with van der Waals surface area (Å²) >= 11 is 0. The number of carbonyl (C=O) groups is 1. The van der Waals surface area contributed by atoms with Crippen molar-refractivity contribution in [3.63, 3.8) is 0 Å². The molecule has 4 rings (SSSR count). The first-order chi connectivity index (χ1) is 12.9. The van der Waals surface area contributed by atoms with Gasteiger partial charge >= 0.3 is 12.2 Å². The number of imidazole rings is 1. The molecule has 2 aromatic rings. The fourth-order valence-electron chi connectivity index (χ4n) is 3.90. The van der Waals surface area contributed by atoms with Crippen molar-refractivity contribution in [3.8, 4) is 0 Å². The van der Waals surface area contributed by atoms with Crippen molar-refractivity contribution in [1.29, 1.82) is 0 Å². The van der Waals surface area contributed by atoms with Crippen LogP contribution in [0.5, 0.6) is 0 Å². The van der Waals surface area contributed by atoms with Gasteiger partial charge in [-0.2, -0.15) is 13.2 Å². The zero-order valence-electron chi connectivity index (χ0n) is 14.7. The number of urea groups is 1. The Balaban J connectivity index is 1.60. The first-order valence-corrected chi connectivity index (χ1v) is 8.84. The minimum Gasteiger partial charge on any atom is -0.329 e. The van der Waals surface area contributed by atoms with Crippen LogP contribution in [-0.4, -0.2) is 57.3 Å². The number of hydrogen-bond acceptors (Lipinski definition) is 4. The molecule has 0 aromatic carbocycles. The molecular weight excluding hydrogens is 361 g/mol. The van der Waals surface area contributed by atoms with Crippen molar-refractivity contribution in [2.45, 2.75) is 31.9 Å². The largest absolute Gasteiger partial charge is 0.405 e. The first-order valence-electron chi connectivity index (χ1n) is 8.84. The quantitative estimate of drug-likeness (QED) is 0.890. The molecule has 7 nitrogen and oxygen atoms in total. The van der Waals surface area contributed by atoms with Crippen molar-refractivity contribution < 1.29 is 18.0 Å². The summed E-state index contributed by atoms with van der Waals surface area (Å²) in [6.45, 7) is 1.47. The first kappa shape index (κ1) is 17.7. The van der Waals surface area contributed by atoms with Gasteiger partial charge in [0, 0.05) is 43.5 Å². The van der Waals surface area contributed by atoms with E-state index in [0.29, 0.717) is 31.0 Å². The molecular formula is C17H19F3N6O. The number of hydrogen-bond donors (Lipinski definition) is 1. The van der Waals surface area contributed by atoms with E-state index in [-0.39, 0.29) is 11.8 Å². The SMILES string of the molecule is CCC1CN(C(=O)NCC(F)(F)F)C[C@@H]1c1cnc2cnc3c(n12)CC=N3. The minimum atomic E-state index is -4.42. The van der Waals surface area contributed by atoms with E-state index in [0.717, 1.165) is 17.8 Å². The Morgan fingerprint density at radius 2 is 2.11 bits per heavy atom. The number of amides is 2. The molecule has 2 aliphatic rings. The van der Waals surface area contributed by atoms with Gasteiger partial charge in [0.2, 0.25) is 0 Å². The van der Waals surface area contributed by atoms with Gasteiger partial charge in [0.15, 0.2) is 11.5 Å². The highest BCUT2D eigenvalue weighted by Gasteiger charge is 2.38. The second kappa shape index (κ2) is 6.50. The monoisotopic (exact) mass is 380 g/mol. The molecule has 2 aliphatic heterocycles. The maximum atomic E-state index is 12.4. The number of nitrogens with one attached hydrogen (secondary N) is 1. The Morgan fingerprint density at radius 1 is 1.30 bits per heavy atom. The summed E-state index contributed by atoms with van der Waals surface area (Å²) in [7, 11) is 0. The molecule has 144 valence electrons. The average Bonchev–Trinajstić information content (AvgIpc) is 3.33. The standard InChI is InChI=1S/C17H19F3N6O/c1-2-10-7-25(16(27)24-9-17(18,19)20)8-11(10)13-5-22-14-6-23-15-12(26(13)14)3-4-21-15/h4-6,10-11H,2-3,7-9H2,1H3,(H,24,27)/t10?,11-/m0/s1. The van der Waals surface area contributed by atoms with Crippen molar-refractivity contribution in [2.24, 2.45) is 10.9 Å². The number of rotatable bonds is 3. The number of likely N-dealkylation sites (tertiary alicyclic amines) is 1.